The van der Waals surface area contributed by atoms with Crippen LogP contribution in [0.15, 0.2) is 54.7 Å². The van der Waals surface area contributed by atoms with Gasteiger partial charge in [-0.1, -0.05) is 24.3 Å². The van der Waals surface area contributed by atoms with Gasteiger partial charge in [-0.15, -0.1) is 0 Å². The van der Waals surface area contributed by atoms with Crippen molar-refractivity contribution in [1.82, 2.24) is 15.3 Å². The molecule has 2 atom stereocenters. The Balaban J connectivity index is 1.52. The Bertz CT molecular complexity index is 1130. The molecular weight excluding hydrogens is 400 g/mol. The fraction of sp³-hybridized carbons (Fsp3) is 0.320. The molecular formula is C25H28N6O. The molecule has 3 aromatic rings. The smallest absolute Gasteiger partial charge is 0.243 e. The molecule has 0 saturated carbocycles. The van der Waals surface area contributed by atoms with E-state index in [4.69, 9.17) is 11.0 Å². The number of piperidine rings is 1. The van der Waals surface area contributed by atoms with Crippen molar-refractivity contribution >= 4 is 11.6 Å². The van der Waals surface area contributed by atoms with Crippen LogP contribution >= 0.6 is 0 Å². The second kappa shape index (κ2) is 9.25. The number of nitrogens with one attached hydrogen (secondary N) is 3. The highest BCUT2D eigenvalue weighted by Gasteiger charge is 2.46. The maximum atomic E-state index is 12.7. The van der Waals surface area contributed by atoms with Crippen molar-refractivity contribution in [1.29, 1.82) is 5.26 Å². The maximum absolute atomic E-state index is 12.7. The molecule has 7 heteroatoms. The van der Waals surface area contributed by atoms with E-state index in [-0.39, 0.29) is 11.8 Å². The van der Waals surface area contributed by atoms with Gasteiger partial charge in [-0.05, 0) is 61.7 Å². The standard InChI is InChI=1S/C25H28N6O/c1-17-3-2-4-21(11-17)31-25(24(27)32)9-10-28-15-20(25)13-22-16-29-23(30-22)12-18-5-7-19(14-26)8-6-18/h2-8,11,16,20,28,31H,9-10,12-13,15H2,1H3,(H2,27,32)(H,29,30). The third-order valence-corrected chi connectivity index (χ3v) is 6.21. The van der Waals surface area contributed by atoms with Gasteiger partial charge in [0.2, 0.25) is 5.91 Å². The number of amides is 1. The average molecular weight is 429 g/mol. The number of carbonyl (C=O) groups excluding carboxylic acids is 1. The molecule has 1 fully saturated rings. The first kappa shape index (κ1) is 21.6. The molecule has 1 aromatic heterocycles. The lowest BCUT2D eigenvalue weighted by molar-refractivity contribution is -0.124. The van der Waals surface area contributed by atoms with Crippen LogP contribution in [0.1, 0.15) is 34.6 Å². The number of hydrogen-bond donors (Lipinski definition) is 4. The van der Waals surface area contributed by atoms with Gasteiger partial charge < -0.3 is 21.4 Å². The summed E-state index contributed by atoms with van der Waals surface area (Å²) in [7, 11) is 0. The van der Waals surface area contributed by atoms with Crippen LogP contribution in [0.2, 0.25) is 0 Å². The molecule has 5 N–H and O–H groups in total. The molecule has 1 saturated heterocycles. The number of nitrogens with two attached hydrogens (primary N) is 1. The van der Waals surface area contributed by atoms with Crippen LogP contribution in [0.5, 0.6) is 0 Å². The summed E-state index contributed by atoms with van der Waals surface area (Å²) < 4.78 is 0. The minimum absolute atomic E-state index is 0.0301. The molecule has 0 spiro atoms. The topological polar surface area (TPSA) is 120 Å². The van der Waals surface area contributed by atoms with E-state index in [1.807, 2.05) is 61.7 Å². The number of H-pyrrole nitrogens is 1. The lowest BCUT2D eigenvalue weighted by atomic mass is 9.75. The van der Waals surface area contributed by atoms with Crippen LogP contribution in [0.4, 0.5) is 5.69 Å². The Kier molecular flexibility index (Phi) is 6.24. The van der Waals surface area contributed by atoms with Crippen molar-refractivity contribution in [3.63, 3.8) is 0 Å². The molecule has 2 unspecified atom stereocenters. The highest BCUT2D eigenvalue weighted by molar-refractivity contribution is 5.88. The Morgan fingerprint density at radius 1 is 1.31 bits per heavy atom. The summed E-state index contributed by atoms with van der Waals surface area (Å²) in [6, 6.07) is 17.7. The van der Waals surface area contributed by atoms with Crippen LogP contribution in [-0.2, 0) is 17.6 Å². The molecule has 32 heavy (non-hydrogen) atoms. The molecule has 0 bridgehead atoms. The van der Waals surface area contributed by atoms with Crippen LogP contribution in [0.25, 0.3) is 0 Å². The van der Waals surface area contributed by atoms with E-state index in [1.54, 1.807) is 0 Å². The van der Waals surface area contributed by atoms with Crippen molar-refractivity contribution in [3.8, 4) is 6.07 Å². The number of aromatic amines is 1. The third-order valence-electron chi connectivity index (χ3n) is 6.21. The van der Waals surface area contributed by atoms with E-state index in [9.17, 15) is 4.79 Å². The third kappa shape index (κ3) is 4.66. The second-order valence-corrected chi connectivity index (χ2v) is 8.53. The predicted molar refractivity (Wildman–Crippen MR) is 124 cm³/mol. The van der Waals surface area contributed by atoms with Gasteiger partial charge in [-0.25, -0.2) is 4.98 Å². The molecule has 7 nitrogen and oxygen atoms in total. The quantitative estimate of drug-likeness (QED) is 0.461. The Morgan fingerprint density at radius 2 is 2.12 bits per heavy atom. The van der Waals surface area contributed by atoms with E-state index in [1.165, 1.54) is 0 Å². The molecule has 0 aliphatic carbocycles. The van der Waals surface area contributed by atoms with E-state index in [0.717, 1.165) is 34.9 Å². The summed E-state index contributed by atoms with van der Waals surface area (Å²) >= 11 is 0. The van der Waals surface area contributed by atoms with E-state index in [0.29, 0.717) is 31.4 Å². The van der Waals surface area contributed by atoms with Crippen LogP contribution in [0.3, 0.4) is 0 Å². The van der Waals surface area contributed by atoms with Gasteiger partial charge in [0.15, 0.2) is 0 Å². The first-order valence-electron chi connectivity index (χ1n) is 10.9. The number of primary amides is 1. The lowest BCUT2D eigenvalue weighted by Crippen LogP contribution is -2.63. The van der Waals surface area contributed by atoms with Crippen LogP contribution in [-0.4, -0.2) is 34.5 Å². The first-order valence-corrected chi connectivity index (χ1v) is 10.9. The Morgan fingerprint density at radius 3 is 2.84 bits per heavy atom. The first-order chi connectivity index (χ1) is 15.5. The number of rotatable bonds is 7. The summed E-state index contributed by atoms with van der Waals surface area (Å²) in [6.07, 6.45) is 3.76. The fourth-order valence-corrected chi connectivity index (χ4v) is 4.47. The normalized spacial score (nSPS) is 20.4. The summed E-state index contributed by atoms with van der Waals surface area (Å²) in [6.45, 7) is 3.44. The van der Waals surface area contributed by atoms with Crippen molar-refractivity contribution in [2.45, 2.75) is 31.7 Å². The van der Waals surface area contributed by atoms with Crippen molar-refractivity contribution in [2.75, 3.05) is 18.4 Å². The fourth-order valence-electron chi connectivity index (χ4n) is 4.47. The van der Waals surface area contributed by atoms with Crippen LogP contribution < -0.4 is 16.4 Å². The Labute approximate surface area is 188 Å². The van der Waals surface area contributed by atoms with Crippen molar-refractivity contribution < 1.29 is 4.79 Å². The molecule has 4 rings (SSSR count). The summed E-state index contributed by atoms with van der Waals surface area (Å²) in [5.74, 6) is 0.491. The predicted octanol–water partition coefficient (Wildman–Crippen LogP) is 2.67. The van der Waals surface area contributed by atoms with Gasteiger partial charge in [0.05, 0.1) is 11.6 Å². The number of hydrogen-bond acceptors (Lipinski definition) is 5. The zero-order valence-corrected chi connectivity index (χ0v) is 18.2. The van der Waals surface area contributed by atoms with Crippen molar-refractivity contribution in [3.05, 3.63) is 82.9 Å². The summed E-state index contributed by atoms with van der Waals surface area (Å²) in [5, 5.41) is 15.9. The molecule has 164 valence electrons. The highest BCUT2D eigenvalue weighted by Crippen LogP contribution is 2.32. The van der Waals surface area contributed by atoms with Gasteiger partial charge in [-0.2, -0.15) is 5.26 Å². The van der Waals surface area contributed by atoms with Gasteiger partial charge in [0, 0.05) is 36.5 Å². The van der Waals surface area contributed by atoms with E-state index >= 15 is 0 Å². The minimum Gasteiger partial charge on any atom is -0.371 e. The highest BCUT2D eigenvalue weighted by atomic mass is 16.1. The molecule has 1 aliphatic heterocycles. The molecule has 2 aromatic carbocycles. The van der Waals surface area contributed by atoms with Gasteiger partial charge >= 0.3 is 0 Å². The molecule has 2 heterocycles. The number of aromatic nitrogens is 2. The van der Waals surface area contributed by atoms with Crippen molar-refractivity contribution in [2.24, 2.45) is 11.7 Å². The zero-order valence-electron chi connectivity index (χ0n) is 18.2. The maximum Gasteiger partial charge on any atom is 0.243 e. The van der Waals surface area contributed by atoms with Gasteiger partial charge in [0.1, 0.15) is 11.4 Å². The Hall–Kier alpha value is -3.63. The molecule has 1 amide bonds. The number of nitriles is 1. The van der Waals surface area contributed by atoms with E-state index < -0.39 is 5.54 Å². The number of nitrogens with zero attached hydrogens (tertiary/aromatic N) is 2. The SMILES string of the molecule is Cc1cccc(NC2(C(N)=O)CCNCC2Cc2cnc(Cc3ccc(C#N)cc3)[nH]2)c1. The zero-order chi connectivity index (χ0) is 22.6. The lowest BCUT2D eigenvalue weighted by Gasteiger charge is -2.43. The molecule has 0 radical (unpaired) electrons. The van der Waals surface area contributed by atoms with E-state index in [2.05, 4.69) is 26.7 Å². The average Bonchev–Trinajstić information content (AvgIpc) is 3.22. The van der Waals surface area contributed by atoms with Crippen LogP contribution in [0, 0.1) is 24.2 Å². The minimum atomic E-state index is -0.836. The largest absolute Gasteiger partial charge is 0.371 e. The summed E-state index contributed by atoms with van der Waals surface area (Å²) in [5.41, 5.74) is 9.87. The number of imidazole rings is 1. The van der Waals surface area contributed by atoms with Gasteiger partial charge in [0.25, 0.3) is 0 Å². The van der Waals surface area contributed by atoms with Gasteiger partial charge in [-0.3, -0.25) is 4.79 Å². The summed E-state index contributed by atoms with van der Waals surface area (Å²) in [4.78, 5) is 20.7. The monoisotopic (exact) mass is 428 g/mol. The number of carbonyl (C=O) groups is 1. The second-order valence-electron chi connectivity index (χ2n) is 8.53. The number of anilines is 1. The molecule has 1 aliphatic rings. The number of aryl methyl sites for hydroxylation is 1. The number of benzene rings is 2.